The first-order valence-electron chi connectivity index (χ1n) is 9.77. The molecule has 5 nitrogen and oxygen atoms in total. The van der Waals surface area contributed by atoms with Gasteiger partial charge in [-0.25, -0.2) is 4.98 Å². The molecule has 4 rings (SSSR count). The average molecular weight is 375 g/mol. The summed E-state index contributed by atoms with van der Waals surface area (Å²) in [4.78, 5) is 25.2. The van der Waals surface area contributed by atoms with Crippen molar-refractivity contribution in [3.63, 3.8) is 0 Å². The molecule has 0 aliphatic carbocycles. The molecule has 1 amide bonds. The van der Waals surface area contributed by atoms with Crippen molar-refractivity contribution < 1.29 is 4.79 Å². The fourth-order valence-electron chi connectivity index (χ4n) is 4.31. The summed E-state index contributed by atoms with van der Waals surface area (Å²) in [5.41, 5.74) is 1.98. The number of carbonyl (C=O) groups is 1. The second-order valence-corrected chi connectivity index (χ2v) is 8.20. The number of nitrogens with one attached hydrogen (secondary N) is 1. The van der Waals surface area contributed by atoms with Gasteiger partial charge in [0.25, 0.3) is 0 Å². The molecule has 3 heterocycles. The third-order valence-corrected chi connectivity index (χ3v) is 6.15. The van der Waals surface area contributed by atoms with E-state index in [9.17, 15) is 4.79 Å². The van der Waals surface area contributed by atoms with E-state index in [1.54, 1.807) is 0 Å². The lowest BCUT2D eigenvalue weighted by Gasteiger charge is -2.36. The van der Waals surface area contributed by atoms with Crippen LogP contribution in [0.1, 0.15) is 50.8 Å². The van der Waals surface area contributed by atoms with Gasteiger partial charge in [-0.3, -0.25) is 9.69 Å². The molecule has 140 valence electrons. The normalized spacial score (nSPS) is 22.8. The number of likely N-dealkylation sites (tertiary alicyclic amines) is 2. The van der Waals surface area contributed by atoms with E-state index >= 15 is 0 Å². The second-order valence-electron chi connectivity index (χ2n) is 7.77. The molecule has 2 fully saturated rings. The lowest BCUT2D eigenvalue weighted by molar-refractivity contribution is -0.135. The van der Waals surface area contributed by atoms with Crippen LogP contribution in [0.2, 0.25) is 5.02 Å². The number of rotatable bonds is 3. The standard InChI is InChI=1S/C20H27ClN4O/c1-14-4-2-3-9-25(14)19(26)13-24-10-7-15(8-11-24)20-22-17-6-5-16(21)12-18(17)23-20/h5-6,12,14-15H,2-4,7-11,13H2,1H3,(H,22,23)/t14-/m0/s1. The van der Waals surface area contributed by atoms with Crippen molar-refractivity contribution in [3.8, 4) is 0 Å². The van der Waals surface area contributed by atoms with Crippen LogP contribution in [0.15, 0.2) is 18.2 Å². The number of piperidine rings is 2. The second kappa shape index (κ2) is 7.57. The predicted molar refractivity (Wildman–Crippen MR) is 105 cm³/mol. The van der Waals surface area contributed by atoms with E-state index < -0.39 is 0 Å². The summed E-state index contributed by atoms with van der Waals surface area (Å²) in [5.74, 6) is 1.79. The smallest absolute Gasteiger partial charge is 0.236 e. The lowest BCUT2D eigenvalue weighted by atomic mass is 9.96. The van der Waals surface area contributed by atoms with Crippen molar-refractivity contribution in [2.45, 2.75) is 51.0 Å². The number of carbonyl (C=O) groups excluding carboxylic acids is 1. The van der Waals surface area contributed by atoms with E-state index in [0.717, 1.165) is 67.2 Å². The van der Waals surface area contributed by atoms with E-state index in [-0.39, 0.29) is 0 Å². The Balaban J connectivity index is 1.34. The maximum atomic E-state index is 12.6. The zero-order valence-electron chi connectivity index (χ0n) is 15.4. The monoisotopic (exact) mass is 374 g/mol. The zero-order chi connectivity index (χ0) is 18.1. The minimum Gasteiger partial charge on any atom is -0.342 e. The number of hydrogen-bond acceptors (Lipinski definition) is 3. The van der Waals surface area contributed by atoms with E-state index in [1.165, 1.54) is 6.42 Å². The number of amides is 1. The molecular formula is C20H27ClN4O. The van der Waals surface area contributed by atoms with Gasteiger partial charge in [0.15, 0.2) is 0 Å². The van der Waals surface area contributed by atoms with Gasteiger partial charge in [-0.05, 0) is 70.3 Å². The molecule has 0 spiro atoms. The van der Waals surface area contributed by atoms with Gasteiger partial charge < -0.3 is 9.88 Å². The summed E-state index contributed by atoms with van der Waals surface area (Å²) >= 11 is 6.07. The minimum absolute atomic E-state index is 0.300. The molecule has 1 N–H and O–H groups in total. The summed E-state index contributed by atoms with van der Waals surface area (Å²) in [7, 11) is 0. The largest absolute Gasteiger partial charge is 0.342 e. The van der Waals surface area contributed by atoms with E-state index in [4.69, 9.17) is 16.6 Å². The number of benzene rings is 1. The first kappa shape index (κ1) is 17.8. The number of fused-ring (bicyclic) bond motifs is 1. The van der Waals surface area contributed by atoms with Crippen molar-refractivity contribution in [3.05, 3.63) is 29.0 Å². The molecule has 2 aliphatic rings. The Labute approximate surface area is 159 Å². The van der Waals surface area contributed by atoms with E-state index in [2.05, 4.69) is 21.7 Å². The van der Waals surface area contributed by atoms with Gasteiger partial charge in [-0.2, -0.15) is 0 Å². The minimum atomic E-state index is 0.300. The highest BCUT2D eigenvalue weighted by atomic mass is 35.5. The van der Waals surface area contributed by atoms with E-state index in [0.29, 0.717) is 24.4 Å². The highest BCUT2D eigenvalue weighted by Gasteiger charge is 2.28. The summed E-state index contributed by atoms with van der Waals surface area (Å²) in [6, 6.07) is 6.17. The molecule has 0 radical (unpaired) electrons. The highest BCUT2D eigenvalue weighted by molar-refractivity contribution is 6.31. The van der Waals surface area contributed by atoms with Gasteiger partial charge in [0, 0.05) is 23.5 Å². The lowest BCUT2D eigenvalue weighted by Crippen LogP contribution is -2.48. The molecule has 0 saturated carbocycles. The van der Waals surface area contributed by atoms with Gasteiger partial charge in [0.1, 0.15) is 5.82 Å². The van der Waals surface area contributed by atoms with Crippen molar-refractivity contribution in [2.24, 2.45) is 0 Å². The number of hydrogen-bond donors (Lipinski definition) is 1. The molecule has 2 aliphatic heterocycles. The maximum Gasteiger partial charge on any atom is 0.236 e. The number of H-pyrrole nitrogens is 1. The molecule has 1 aromatic heterocycles. The fourth-order valence-corrected chi connectivity index (χ4v) is 4.48. The molecule has 0 bridgehead atoms. The van der Waals surface area contributed by atoms with Gasteiger partial charge >= 0.3 is 0 Å². The van der Waals surface area contributed by atoms with Crippen LogP contribution in [0.4, 0.5) is 0 Å². The van der Waals surface area contributed by atoms with Crippen LogP contribution in [0.25, 0.3) is 11.0 Å². The molecular weight excluding hydrogens is 348 g/mol. The third kappa shape index (κ3) is 3.74. The van der Waals surface area contributed by atoms with Crippen LogP contribution in [0.5, 0.6) is 0 Å². The summed E-state index contributed by atoms with van der Waals surface area (Å²) in [6.07, 6.45) is 5.62. The summed E-state index contributed by atoms with van der Waals surface area (Å²) in [5, 5.41) is 0.730. The van der Waals surface area contributed by atoms with Crippen LogP contribution in [-0.2, 0) is 4.79 Å². The van der Waals surface area contributed by atoms with Crippen molar-refractivity contribution in [2.75, 3.05) is 26.2 Å². The number of nitrogens with zero attached hydrogens (tertiary/aromatic N) is 3. The van der Waals surface area contributed by atoms with Crippen molar-refractivity contribution in [1.82, 2.24) is 19.8 Å². The SMILES string of the molecule is C[C@H]1CCCCN1C(=O)CN1CCC(c2nc3ccc(Cl)cc3[nH]2)CC1. The number of aromatic amines is 1. The van der Waals surface area contributed by atoms with Crippen molar-refractivity contribution >= 4 is 28.5 Å². The predicted octanol–water partition coefficient (Wildman–Crippen LogP) is 3.80. The quantitative estimate of drug-likeness (QED) is 0.889. The molecule has 0 unspecified atom stereocenters. The molecule has 26 heavy (non-hydrogen) atoms. The van der Waals surface area contributed by atoms with Crippen LogP contribution in [-0.4, -0.2) is 57.9 Å². The maximum absolute atomic E-state index is 12.6. The first-order chi connectivity index (χ1) is 12.6. The van der Waals surface area contributed by atoms with E-state index in [1.807, 2.05) is 18.2 Å². The Morgan fingerprint density at radius 1 is 1.23 bits per heavy atom. The molecule has 1 aromatic carbocycles. The Morgan fingerprint density at radius 3 is 2.81 bits per heavy atom. The van der Waals surface area contributed by atoms with Gasteiger partial charge in [-0.15, -0.1) is 0 Å². The van der Waals surface area contributed by atoms with Gasteiger partial charge in [-0.1, -0.05) is 11.6 Å². The zero-order valence-corrected chi connectivity index (χ0v) is 16.1. The van der Waals surface area contributed by atoms with Gasteiger partial charge in [0.05, 0.1) is 17.6 Å². The third-order valence-electron chi connectivity index (χ3n) is 5.92. The first-order valence-corrected chi connectivity index (χ1v) is 10.1. The fraction of sp³-hybridized carbons (Fsp3) is 0.600. The van der Waals surface area contributed by atoms with Crippen LogP contribution < -0.4 is 0 Å². The Morgan fingerprint density at radius 2 is 2.04 bits per heavy atom. The molecule has 2 saturated heterocycles. The topological polar surface area (TPSA) is 52.2 Å². The number of halogens is 1. The Hall–Kier alpha value is -1.59. The van der Waals surface area contributed by atoms with Crippen molar-refractivity contribution in [1.29, 1.82) is 0 Å². The van der Waals surface area contributed by atoms with Crippen LogP contribution in [0, 0.1) is 0 Å². The average Bonchev–Trinajstić information content (AvgIpc) is 3.05. The Kier molecular flexibility index (Phi) is 5.18. The molecule has 1 atom stereocenters. The number of aromatic nitrogens is 2. The molecule has 2 aromatic rings. The highest BCUT2D eigenvalue weighted by Crippen LogP contribution is 2.28. The van der Waals surface area contributed by atoms with Gasteiger partial charge in [0.2, 0.25) is 5.91 Å². The Bertz CT molecular complexity index is 781. The summed E-state index contributed by atoms with van der Waals surface area (Å²) < 4.78 is 0. The van der Waals surface area contributed by atoms with Crippen LogP contribution in [0.3, 0.4) is 0 Å². The number of imidazole rings is 1. The molecule has 6 heteroatoms. The summed E-state index contributed by atoms with van der Waals surface area (Å²) in [6.45, 7) is 5.58. The van der Waals surface area contributed by atoms with Crippen LogP contribution >= 0.6 is 11.6 Å².